The van der Waals surface area contributed by atoms with Crippen molar-refractivity contribution < 1.29 is 5.11 Å². The summed E-state index contributed by atoms with van der Waals surface area (Å²) in [6.07, 6.45) is 4.70. The minimum absolute atomic E-state index is 0.218. The van der Waals surface area contributed by atoms with Crippen LogP contribution in [0, 0.1) is 6.92 Å². The lowest BCUT2D eigenvalue weighted by molar-refractivity contribution is 0.255. The van der Waals surface area contributed by atoms with Gasteiger partial charge in [-0.25, -0.2) is 0 Å². The molecule has 1 saturated heterocycles. The third-order valence-electron chi connectivity index (χ3n) is 3.73. The van der Waals surface area contributed by atoms with Gasteiger partial charge in [0, 0.05) is 16.7 Å². The summed E-state index contributed by atoms with van der Waals surface area (Å²) in [7, 11) is 0. The van der Waals surface area contributed by atoms with Gasteiger partial charge in [0.2, 0.25) is 0 Å². The Hall–Kier alpha value is -0.740. The maximum absolute atomic E-state index is 9.58. The minimum atomic E-state index is 0.218. The molecular weight excluding hydrogens is 292 g/mol. The van der Waals surface area contributed by atoms with Crippen LogP contribution in [0.1, 0.15) is 31.2 Å². The average Bonchev–Trinajstić information content (AvgIpc) is 2.58. The normalized spacial score (nSPS) is 20.8. The van der Waals surface area contributed by atoms with E-state index in [0.717, 1.165) is 34.4 Å². The first-order valence-corrected chi connectivity index (χ1v) is 7.36. The van der Waals surface area contributed by atoms with Crippen LogP contribution >= 0.6 is 15.9 Å². The zero-order valence-corrected chi connectivity index (χ0v) is 12.4. The van der Waals surface area contributed by atoms with E-state index in [0.29, 0.717) is 0 Å². The van der Waals surface area contributed by atoms with Gasteiger partial charge in [-0.05, 0) is 53.4 Å². The van der Waals surface area contributed by atoms with Crippen LogP contribution < -0.4 is 10.6 Å². The smallest absolute Gasteiger partial charge is 0.0635 e. The summed E-state index contributed by atoms with van der Waals surface area (Å²) in [5, 5.41) is 9.58. The van der Waals surface area contributed by atoms with Crippen molar-refractivity contribution in [2.75, 3.05) is 23.8 Å². The van der Waals surface area contributed by atoms with Crippen LogP contribution in [-0.2, 0) is 0 Å². The number of hydrogen-bond acceptors (Lipinski definition) is 3. The molecule has 4 heteroatoms. The lowest BCUT2D eigenvalue weighted by Crippen LogP contribution is -2.37. The van der Waals surface area contributed by atoms with E-state index in [2.05, 4.69) is 26.9 Å². The second kappa shape index (κ2) is 5.93. The van der Waals surface area contributed by atoms with Crippen molar-refractivity contribution in [3.63, 3.8) is 0 Å². The highest BCUT2D eigenvalue weighted by molar-refractivity contribution is 9.10. The lowest BCUT2D eigenvalue weighted by Gasteiger charge is -2.32. The van der Waals surface area contributed by atoms with E-state index in [1.165, 1.54) is 19.3 Å². The molecule has 100 valence electrons. The second-order valence-corrected chi connectivity index (χ2v) is 5.89. The van der Waals surface area contributed by atoms with E-state index >= 15 is 0 Å². The van der Waals surface area contributed by atoms with Crippen molar-refractivity contribution in [2.45, 2.75) is 38.6 Å². The molecular formula is C14H21BrN2O. The first-order chi connectivity index (χ1) is 8.63. The molecule has 0 aliphatic carbocycles. The van der Waals surface area contributed by atoms with Crippen LogP contribution in [0.15, 0.2) is 16.6 Å². The zero-order chi connectivity index (χ0) is 13.1. The van der Waals surface area contributed by atoms with Crippen LogP contribution in [0.2, 0.25) is 0 Å². The van der Waals surface area contributed by atoms with Crippen molar-refractivity contribution in [3.8, 4) is 0 Å². The number of aryl methyl sites for hydroxylation is 1. The average molecular weight is 313 g/mol. The van der Waals surface area contributed by atoms with Crippen LogP contribution in [0.4, 0.5) is 11.4 Å². The first kappa shape index (κ1) is 13.7. The van der Waals surface area contributed by atoms with Gasteiger partial charge in [-0.2, -0.15) is 0 Å². The van der Waals surface area contributed by atoms with Gasteiger partial charge in [0.15, 0.2) is 0 Å². The zero-order valence-electron chi connectivity index (χ0n) is 10.8. The number of benzene rings is 1. The molecule has 1 fully saturated rings. The molecule has 1 aliphatic heterocycles. The number of rotatable bonds is 2. The van der Waals surface area contributed by atoms with E-state index in [1.54, 1.807) is 0 Å². The Bertz CT molecular complexity index is 423. The Morgan fingerprint density at radius 2 is 2.17 bits per heavy atom. The largest absolute Gasteiger partial charge is 0.398 e. The van der Waals surface area contributed by atoms with Crippen molar-refractivity contribution in [1.82, 2.24) is 0 Å². The second-order valence-electron chi connectivity index (χ2n) is 5.04. The van der Waals surface area contributed by atoms with E-state index in [9.17, 15) is 5.11 Å². The number of aliphatic hydroxyl groups is 1. The van der Waals surface area contributed by atoms with Gasteiger partial charge in [-0.1, -0.05) is 12.8 Å². The summed E-state index contributed by atoms with van der Waals surface area (Å²) in [6.45, 7) is 3.25. The summed E-state index contributed by atoms with van der Waals surface area (Å²) in [6, 6.07) is 4.31. The summed E-state index contributed by atoms with van der Waals surface area (Å²) in [4.78, 5) is 2.32. The topological polar surface area (TPSA) is 49.5 Å². The number of hydrogen-bond donors (Lipinski definition) is 2. The number of nitrogen functional groups attached to an aromatic ring is 1. The molecule has 1 aliphatic rings. The molecule has 1 heterocycles. The van der Waals surface area contributed by atoms with E-state index < -0.39 is 0 Å². The molecule has 1 unspecified atom stereocenters. The van der Waals surface area contributed by atoms with Crippen LogP contribution in [-0.4, -0.2) is 24.3 Å². The molecule has 0 aromatic heterocycles. The molecule has 1 aromatic rings. The van der Waals surface area contributed by atoms with Crippen LogP contribution in [0.3, 0.4) is 0 Å². The Labute approximate surface area is 117 Å². The van der Waals surface area contributed by atoms with Crippen molar-refractivity contribution in [2.24, 2.45) is 0 Å². The maximum atomic E-state index is 9.58. The lowest BCUT2D eigenvalue weighted by atomic mass is 10.1. The molecule has 2 rings (SSSR count). The van der Waals surface area contributed by atoms with Crippen LogP contribution in [0.5, 0.6) is 0 Å². The van der Waals surface area contributed by atoms with Gasteiger partial charge in [0.05, 0.1) is 18.3 Å². The number of anilines is 2. The molecule has 1 aromatic carbocycles. The molecule has 0 spiro atoms. The Kier molecular flexibility index (Phi) is 4.51. The molecule has 0 saturated carbocycles. The van der Waals surface area contributed by atoms with E-state index in [-0.39, 0.29) is 12.6 Å². The fourth-order valence-electron chi connectivity index (χ4n) is 2.59. The molecule has 0 amide bonds. The first-order valence-electron chi connectivity index (χ1n) is 6.56. The highest BCUT2D eigenvalue weighted by Gasteiger charge is 2.22. The summed E-state index contributed by atoms with van der Waals surface area (Å²) in [5.74, 6) is 0. The third-order valence-corrected chi connectivity index (χ3v) is 4.37. The fourth-order valence-corrected chi connectivity index (χ4v) is 3.17. The standard InChI is InChI=1S/C14H21BrN2O/c1-10-7-14(12(15)8-13(10)16)17-6-4-2-3-5-11(17)9-18/h7-8,11,18H,2-6,9,16H2,1H3. The molecule has 3 N–H and O–H groups in total. The Balaban J connectivity index is 2.35. The molecule has 18 heavy (non-hydrogen) atoms. The van der Waals surface area contributed by atoms with Crippen molar-refractivity contribution in [3.05, 3.63) is 22.2 Å². The predicted octanol–water partition coefficient (Wildman–Crippen LogP) is 3.08. The van der Waals surface area contributed by atoms with Crippen LogP contribution in [0.25, 0.3) is 0 Å². The van der Waals surface area contributed by atoms with Gasteiger partial charge in [-0.3, -0.25) is 0 Å². The van der Waals surface area contributed by atoms with Crippen molar-refractivity contribution in [1.29, 1.82) is 0 Å². The highest BCUT2D eigenvalue weighted by Crippen LogP contribution is 2.34. The van der Waals surface area contributed by atoms with Gasteiger partial charge in [0.1, 0.15) is 0 Å². The summed E-state index contributed by atoms with van der Waals surface area (Å²) < 4.78 is 1.02. The monoisotopic (exact) mass is 312 g/mol. The van der Waals surface area contributed by atoms with E-state index in [4.69, 9.17) is 5.73 Å². The minimum Gasteiger partial charge on any atom is -0.398 e. The SMILES string of the molecule is Cc1cc(N2CCCCCC2CO)c(Br)cc1N. The quantitative estimate of drug-likeness (QED) is 0.825. The molecule has 0 bridgehead atoms. The molecule has 3 nitrogen and oxygen atoms in total. The van der Waals surface area contributed by atoms with E-state index in [1.807, 2.05) is 13.0 Å². The Morgan fingerprint density at radius 3 is 2.89 bits per heavy atom. The number of aliphatic hydroxyl groups excluding tert-OH is 1. The number of nitrogens with two attached hydrogens (primary N) is 1. The van der Waals surface area contributed by atoms with Gasteiger partial charge < -0.3 is 15.7 Å². The van der Waals surface area contributed by atoms with Gasteiger partial charge >= 0.3 is 0 Å². The number of nitrogens with zero attached hydrogens (tertiary/aromatic N) is 1. The fraction of sp³-hybridized carbons (Fsp3) is 0.571. The van der Waals surface area contributed by atoms with Gasteiger partial charge in [-0.15, -0.1) is 0 Å². The summed E-state index contributed by atoms with van der Waals surface area (Å²) in [5.41, 5.74) is 8.97. The third kappa shape index (κ3) is 2.81. The summed E-state index contributed by atoms with van der Waals surface area (Å²) >= 11 is 3.60. The maximum Gasteiger partial charge on any atom is 0.0635 e. The molecule has 0 radical (unpaired) electrons. The van der Waals surface area contributed by atoms with Crippen molar-refractivity contribution >= 4 is 27.3 Å². The predicted molar refractivity (Wildman–Crippen MR) is 80.0 cm³/mol. The molecule has 1 atom stereocenters. The van der Waals surface area contributed by atoms with Gasteiger partial charge in [0.25, 0.3) is 0 Å². The Morgan fingerprint density at radius 1 is 1.39 bits per heavy atom. The number of halogens is 1. The highest BCUT2D eigenvalue weighted by atomic mass is 79.9.